The minimum absolute atomic E-state index is 0.121. The van der Waals surface area contributed by atoms with Crippen molar-refractivity contribution in [2.24, 2.45) is 0 Å². The first-order chi connectivity index (χ1) is 11.0. The van der Waals surface area contributed by atoms with E-state index in [2.05, 4.69) is 5.32 Å². The fraction of sp³-hybridized carbons (Fsp3) is 0.529. The number of aryl methyl sites for hydroxylation is 2. The van der Waals surface area contributed by atoms with Gasteiger partial charge in [0.05, 0.1) is 20.3 Å². The van der Waals surface area contributed by atoms with E-state index in [4.69, 9.17) is 14.2 Å². The Morgan fingerprint density at radius 2 is 1.87 bits per heavy atom. The molecule has 0 unspecified atom stereocenters. The monoisotopic (exact) mass is 323 g/mol. The highest BCUT2D eigenvalue weighted by Gasteiger charge is 2.22. The summed E-state index contributed by atoms with van der Waals surface area (Å²) in [7, 11) is 2.86. The molecule has 6 nitrogen and oxygen atoms in total. The highest BCUT2D eigenvalue weighted by molar-refractivity contribution is 5.85. The molecule has 0 bridgehead atoms. The van der Waals surface area contributed by atoms with Crippen LogP contribution in [0.2, 0.25) is 0 Å². The van der Waals surface area contributed by atoms with Crippen LogP contribution in [0.3, 0.4) is 0 Å². The number of hydrogen-bond donors (Lipinski definition) is 1. The molecule has 0 aliphatic heterocycles. The lowest BCUT2D eigenvalue weighted by molar-refractivity contribution is -0.145. The Morgan fingerprint density at radius 3 is 2.48 bits per heavy atom. The summed E-state index contributed by atoms with van der Waals surface area (Å²) in [5, 5.41) is 2.65. The molecule has 1 aromatic rings. The van der Waals surface area contributed by atoms with Gasteiger partial charge in [-0.2, -0.15) is 0 Å². The molecule has 0 aliphatic carbocycles. The maximum absolute atomic E-state index is 11.9. The van der Waals surface area contributed by atoms with Crippen LogP contribution in [0, 0.1) is 13.8 Å². The van der Waals surface area contributed by atoms with E-state index in [0.717, 1.165) is 11.1 Å². The highest BCUT2D eigenvalue weighted by atomic mass is 16.5. The van der Waals surface area contributed by atoms with E-state index in [1.54, 1.807) is 7.11 Å². The lowest BCUT2D eigenvalue weighted by atomic mass is 10.0. The first-order valence-electron chi connectivity index (χ1n) is 7.48. The molecule has 1 aromatic carbocycles. The fourth-order valence-electron chi connectivity index (χ4n) is 2.04. The Morgan fingerprint density at radius 1 is 1.13 bits per heavy atom. The van der Waals surface area contributed by atoms with Crippen LogP contribution in [-0.4, -0.2) is 52.0 Å². The van der Waals surface area contributed by atoms with Crippen molar-refractivity contribution in [3.05, 3.63) is 34.9 Å². The molecule has 0 heterocycles. The first kappa shape index (κ1) is 19.1. The third kappa shape index (κ3) is 6.80. The van der Waals surface area contributed by atoms with Crippen LogP contribution < -0.4 is 5.32 Å². The second-order valence-corrected chi connectivity index (χ2v) is 5.31. The van der Waals surface area contributed by atoms with Crippen molar-refractivity contribution in [1.82, 2.24) is 5.32 Å². The Hall–Kier alpha value is -1.92. The van der Waals surface area contributed by atoms with Crippen molar-refractivity contribution in [3.8, 4) is 0 Å². The van der Waals surface area contributed by atoms with Crippen molar-refractivity contribution in [3.63, 3.8) is 0 Å². The second kappa shape index (κ2) is 9.97. The average Bonchev–Trinajstić information content (AvgIpc) is 2.53. The summed E-state index contributed by atoms with van der Waals surface area (Å²) >= 11 is 0. The molecule has 6 heteroatoms. The smallest absolute Gasteiger partial charge is 0.328 e. The Bertz CT molecular complexity index is 530. The molecule has 0 spiro atoms. The van der Waals surface area contributed by atoms with Gasteiger partial charge in [0.1, 0.15) is 12.6 Å². The number of ether oxygens (including phenoxy) is 3. The number of nitrogens with one attached hydrogen (secondary N) is 1. The maximum Gasteiger partial charge on any atom is 0.328 e. The Labute approximate surface area is 137 Å². The Balaban J connectivity index is 2.63. The van der Waals surface area contributed by atoms with Crippen LogP contribution in [0.1, 0.15) is 16.7 Å². The summed E-state index contributed by atoms with van der Waals surface area (Å²) in [4.78, 5) is 23.7. The first-order valence-corrected chi connectivity index (χ1v) is 7.48. The van der Waals surface area contributed by atoms with Crippen molar-refractivity contribution < 1.29 is 23.8 Å². The molecular formula is C17H25NO5. The topological polar surface area (TPSA) is 73.9 Å². The molecule has 0 saturated carbocycles. The van der Waals surface area contributed by atoms with Gasteiger partial charge in [0, 0.05) is 13.5 Å². The summed E-state index contributed by atoms with van der Waals surface area (Å²) in [6, 6.07) is 5.21. The number of hydrogen-bond acceptors (Lipinski definition) is 5. The van der Waals surface area contributed by atoms with Crippen molar-refractivity contribution in [1.29, 1.82) is 0 Å². The van der Waals surface area contributed by atoms with Gasteiger partial charge in [-0.1, -0.05) is 18.2 Å². The number of carbonyl (C=O) groups is 2. The predicted octanol–water partition coefficient (Wildman–Crippen LogP) is 1.17. The SMILES string of the molecule is COCCOCC(=O)N[C@@H](Cc1ccc(C)c(C)c1)C(=O)OC. The molecule has 0 aromatic heterocycles. The van der Waals surface area contributed by atoms with E-state index in [9.17, 15) is 9.59 Å². The van der Waals surface area contributed by atoms with Gasteiger partial charge >= 0.3 is 5.97 Å². The summed E-state index contributed by atoms with van der Waals surface area (Å²) in [6.45, 7) is 4.65. The number of benzene rings is 1. The summed E-state index contributed by atoms with van der Waals surface area (Å²) < 4.78 is 14.7. The molecule has 0 saturated heterocycles. The fourth-order valence-corrected chi connectivity index (χ4v) is 2.04. The number of carbonyl (C=O) groups excluding carboxylic acids is 2. The lowest BCUT2D eigenvalue weighted by Gasteiger charge is -2.17. The maximum atomic E-state index is 11.9. The number of esters is 1. The van der Waals surface area contributed by atoms with Gasteiger partial charge < -0.3 is 19.5 Å². The van der Waals surface area contributed by atoms with E-state index in [1.165, 1.54) is 12.7 Å². The largest absolute Gasteiger partial charge is 0.467 e. The van der Waals surface area contributed by atoms with Crippen LogP contribution in [0.25, 0.3) is 0 Å². The lowest BCUT2D eigenvalue weighted by Crippen LogP contribution is -2.44. The molecule has 0 aliphatic rings. The third-order valence-corrected chi connectivity index (χ3v) is 3.50. The zero-order chi connectivity index (χ0) is 17.2. The number of methoxy groups -OCH3 is 2. The minimum atomic E-state index is -0.736. The molecule has 0 fully saturated rings. The van der Waals surface area contributed by atoms with Crippen LogP contribution >= 0.6 is 0 Å². The van der Waals surface area contributed by atoms with Gasteiger partial charge in [0.2, 0.25) is 5.91 Å². The van der Waals surface area contributed by atoms with Gasteiger partial charge in [-0.05, 0) is 30.5 Å². The van der Waals surface area contributed by atoms with Gasteiger partial charge in [0.15, 0.2) is 0 Å². The molecule has 128 valence electrons. The summed E-state index contributed by atoms with van der Waals surface area (Å²) in [5.74, 6) is -0.839. The minimum Gasteiger partial charge on any atom is -0.467 e. The van der Waals surface area contributed by atoms with Crippen molar-refractivity contribution in [2.75, 3.05) is 34.0 Å². The van der Waals surface area contributed by atoms with Crippen LogP contribution in [-0.2, 0) is 30.2 Å². The quantitative estimate of drug-likeness (QED) is 0.545. The van der Waals surface area contributed by atoms with E-state index in [-0.39, 0.29) is 12.5 Å². The van der Waals surface area contributed by atoms with Crippen molar-refractivity contribution in [2.45, 2.75) is 26.3 Å². The normalized spacial score (nSPS) is 11.8. The van der Waals surface area contributed by atoms with Crippen LogP contribution in [0.4, 0.5) is 0 Å². The van der Waals surface area contributed by atoms with Gasteiger partial charge in [0.25, 0.3) is 0 Å². The zero-order valence-electron chi connectivity index (χ0n) is 14.2. The van der Waals surface area contributed by atoms with E-state index in [1.807, 2.05) is 32.0 Å². The van der Waals surface area contributed by atoms with Gasteiger partial charge in [-0.3, -0.25) is 4.79 Å². The van der Waals surface area contributed by atoms with E-state index < -0.39 is 12.0 Å². The van der Waals surface area contributed by atoms with Gasteiger partial charge in [-0.15, -0.1) is 0 Å². The second-order valence-electron chi connectivity index (χ2n) is 5.31. The van der Waals surface area contributed by atoms with Crippen LogP contribution in [0.15, 0.2) is 18.2 Å². The molecule has 23 heavy (non-hydrogen) atoms. The third-order valence-electron chi connectivity index (χ3n) is 3.50. The highest BCUT2D eigenvalue weighted by Crippen LogP contribution is 2.12. The molecular weight excluding hydrogens is 298 g/mol. The van der Waals surface area contributed by atoms with E-state index in [0.29, 0.717) is 19.6 Å². The van der Waals surface area contributed by atoms with Crippen molar-refractivity contribution >= 4 is 11.9 Å². The number of rotatable bonds is 9. The molecule has 1 rings (SSSR count). The predicted molar refractivity (Wildman–Crippen MR) is 86.3 cm³/mol. The average molecular weight is 323 g/mol. The van der Waals surface area contributed by atoms with E-state index >= 15 is 0 Å². The molecule has 1 amide bonds. The standard InChI is InChI=1S/C17H25NO5/c1-12-5-6-14(9-13(12)2)10-15(17(20)22-4)18-16(19)11-23-8-7-21-3/h5-6,9,15H,7-8,10-11H2,1-4H3,(H,18,19)/t15-/m0/s1. The molecule has 1 N–H and O–H groups in total. The summed E-state index contributed by atoms with van der Waals surface area (Å²) in [5.41, 5.74) is 3.28. The summed E-state index contributed by atoms with van der Waals surface area (Å²) in [6.07, 6.45) is 0.373. The Kier molecular flexibility index (Phi) is 8.29. The van der Waals surface area contributed by atoms with Crippen LogP contribution in [0.5, 0.6) is 0 Å². The molecule has 0 radical (unpaired) electrons. The van der Waals surface area contributed by atoms with Gasteiger partial charge in [-0.25, -0.2) is 4.79 Å². The number of amides is 1. The zero-order valence-corrected chi connectivity index (χ0v) is 14.2. The molecule has 1 atom stereocenters.